The summed E-state index contributed by atoms with van der Waals surface area (Å²) in [5.41, 5.74) is 1.00. The normalized spacial score (nSPS) is 10.2. The van der Waals surface area contributed by atoms with Crippen LogP contribution < -0.4 is 5.32 Å². The van der Waals surface area contributed by atoms with Crippen molar-refractivity contribution in [2.75, 3.05) is 5.32 Å². The smallest absolute Gasteiger partial charge is 0.287 e. The number of nitrogens with zero attached hydrogens (tertiary/aromatic N) is 4. The fraction of sp³-hybridized carbons (Fsp3) is 0.200. The van der Waals surface area contributed by atoms with Gasteiger partial charge in [0, 0.05) is 31.4 Å². The van der Waals surface area contributed by atoms with Crippen LogP contribution in [0.3, 0.4) is 0 Å². The van der Waals surface area contributed by atoms with Gasteiger partial charge in [-0.25, -0.2) is 4.98 Å². The minimum absolute atomic E-state index is 0.0167. The van der Waals surface area contributed by atoms with E-state index in [-0.39, 0.29) is 5.69 Å². The van der Waals surface area contributed by atoms with Crippen LogP contribution >= 0.6 is 0 Å². The summed E-state index contributed by atoms with van der Waals surface area (Å²) < 4.78 is 1.71. The largest absolute Gasteiger partial charge is 0.366 e. The van der Waals surface area contributed by atoms with E-state index in [1.165, 1.54) is 12.3 Å². The molecule has 88 valence electrons. The van der Waals surface area contributed by atoms with Gasteiger partial charge in [0.25, 0.3) is 5.69 Å². The molecule has 0 bridgehead atoms. The molecule has 1 N–H and O–H groups in total. The molecule has 2 aromatic rings. The number of rotatable bonds is 4. The number of nitro groups is 1. The van der Waals surface area contributed by atoms with Crippen LogP contribution in [0.15, 0.2) is 30.7 Å². The van der Waals surface area contributed by atoms with Gasteiger partial charge in [-0.15, -0.1) is 0 Å². The van der Waals surface area contributed by atoms with Crippen LogP contribution in [0.2, 0.25) is 0 Å². The molecular formula is C10H11N5O2. The molecule has 0 aliphatic carbocycles. The van der Waals surface area contributed by atoms with E-state index in [0.29, 0.717) is 12.4 Å². The van der Waals surface area contributed by atoms with E-state index in [1.807, 2.05) is 13.2 Å². The molecule has 0 saturated carbocycles. The zero-order valence-corrected chi connectivity index (χ0v) is 9.20. The molecule has 2 aromatic heterocycles. The Kier molecular flexibility index (Phi) is 2.99. The molecule has 0 radical (unpaired) electrons. The van der Waals surface area contributed by atoms with Gasteiger partial charge in [-0.1, -0.05) is 0 Å². The summed E-state index contributed by atoms with van der Waals surface area (Å²) in [5, 5.41) is 17.5. The van der Waals surface area contributed by atoms with Crippen molar-refractivity contribution in [1.82, 2.24) is 14.8 Å². The number of nitrogens with one attached hydrogen (secondary N) is 1. The van der Waals surface area contributed by atoms with Gasteiger partial charge >= 0.3 is 0 Å². The predicted octanol–water partition coefficient (Wildman–Crippen LogP) is 1.34. The van der Waals surface area contributed by atoms with Crippen molar-refractivity contribution in [1.29, 1.82) is 0 Å². The maximum Gasteiger partial charge on any atom is 0.287 e. The summed E-state index contributed by atoms with van der Waals surface area (Å²) in [6.07, 6.45) is 4.86. The molecule has 0 atom stereocenters. The average Bonchev–Trinajstić information content (AvgIpc) is 2.73. The van der Waals surface area contributed by atoms with E-state index in [9.17, 15) is 10.1 Å². The van der Waals surface area contributed by atoms with Gasteiger partial charge in [-0.2, -0.15) is 5.10 Å². The SMILES string of the molecule is Cn1cc(CNc2ccc([N+](=O)[O-])cn2)cn1. The van der Waals surface area contributed by atoms with Crippen LogP contribution in [-0.2, 0) is 13.6 Å². The number of hydrogen-bond donors (Lipinski definition) is 1. The van der Waals surface area contributed by atoms with Gasteiger partial charge in [0.2, 0.25) is 0 Å². The van der Waals surface area contributed by atoms with Crippen LogP contribution in [0.4, 0.5) is 11.5 Å². The molecule has 0 aliphatic heterocycles. The zero-order chi connectivity index (χ0) is 12.3. The van der Waals surface area contributed by atoms with Crippen molar-refractivity contribution < 1.29 is 4.92 Å². The topological polar surface area (TPSA) is 85.9 Å². The van der Waals surface area contributed by atoms with Crippen LogP contribution in [0.25, 0.3) is 0 Å². The lowest BCUT2D eigenvalue weighted by atomic mass is 10.3. The summed E-state index contributed by atoms with van der Waals surface area (Å²) in [5.74, 6) is 0.597. The first-order valence-electron chi connectivity index (χ1n) is 4.97. The Bertz CT molecular complexity index is 520. The highest BCUT2D eigenvalue weighted by Gasteiger charge is 2.05. The van der Waals surface area contributed by atoms with Crippen LogP contribution in [-0.4, -0.2) is 19.7 Å². The minimum atomic E-state index is -0.474. The number of pyridine rings is 1. The van der Waals surface area contributed by atoms with E-state index in [1.54, 1.807) is 16.9 Å². The highest BCUT2D eigenvalue weighted by atomic mass is 16.6. The molecule has 0 aliphatic rings. The second-order valence-electron chi connectivity index (χ2n) is 3.53. The third-order valence-corrected chi connectivity index (χ3v) is 2.19. The lowest BCUT2D eigenvalue weighted by Gasteiger charge is -2.02. The quantitative estimate of drug-likeness (QED) is 0.636. The van der Waals surface area contributed by atoms with Crippen molar-refractivity contribution in [3.8, 4) is 0 Å². The van der Waals surface area contributed by atoms with Gasteiger partial charge in [-0.05, 0) is 6.07 Å². The minimum Gasteiger partial charge on any atom is -0.366 e. The second kappa shape index (κ2) is 4.60. The molecule has 17 heavy (non-hydrogen) atoms. The van der Waals surface area contributed by atoms with E-state index >= 15 is 0 Å². The molecule has 0 aromatic carbocycles. The number of aromatic nitrogens is 3. The second-order valence-corrected chi connectivity index (χ2v) is 3.53. The first kappa shape index (κ1) is 11.1. The Morgan fingerprint density at radius 2 is 2.29 bits per heavy atom. The molecule has 0 unspecified atom stereocenters. The number of hydrogen-bond acceptors (Lipinski definition) is 5. The maximum absolute atomic E-state index is 10.4. The molecule has 7 heteroatoms. The van der Waals surface area contributed by atoms with E-state index < -0.39 is 4.92 Å². The molecule has 2 heterocycles. The summed E-state index contributed by atoms with van der Waals surface area (Å²) in [4.78, 5) is 13.9. The standard InChI is InChI=1S/C10H11N5O2/c1-14-7-8(5-13-14)4-11-10-3-2-9(6-12-10)15(16)17/h2-3,5-7H,4H2,1H3,(H,11,12). The molecule has 0 saturated heterocycles. The molecule has 0 fully saturated rings. The van der Waals surface area contributed by atoms with Crippen molar-refractivity contribution in [2.24, 2.45) is 7.05 Å². The molecular weight excluding hydrogens is 222 g/mol. The van der Waals surface area contributed by atoms with Gasteiger partial charge in [0.1, 0.15) is 12.0 Å². The molecule has 2 rings (SSSR count). The lowest BCUT2D eigenvalue weighted by molar-refractivity contribution is -0.385. The Labute approximate surface area is 97.2 Å². The van der Waals surface area contributed by atoms with Crippen LogP contribution in [0, 0.1) is 10.1 Å². The predicted molar refractivity (Wildman–Crippen MR) is 61.4 cm³/mol. The fourth-order valence-corrected chi connectivity index (χ4v) is 1.35. The summed E-state index contributed by atoms with van der Waals surface area (Å²) in [7, 11) is 1.84. The molecule has 0 amide bonds. The summed E-state index contributed by atoms with van der Waals surface area (Å²) in [6.45, 7) is 0.582. The van der Waals surface area contributed by atoms with Crippen LogP contribution in [0.1, 0.15) is 5.56 Å². The zero-order valence-electron chi connectivity index (χ0n) is 9.20. The highest BCUT2D eigenvalue weighted by Crippen LogP contribution is 2.12. The highest BCUT2D eigenvalue weighted by molar-refractivity contribution is 5.40. The molecule has 0 spiro atoms. The summed E-state index contributed by atoms with van der Waals surface area (Å²) >= 11 is 0. The Morgan fingerprint density at radius 1 is 1.47 bits per heavy atom. The number of anilines is 1. The Morgan fingerprint density at radius 3 is 2.82 bits per heavy atom. The van der Waals surface area contributed by atoms with Crippen molar-refractivity contribution in [3.63, 3.8) is 0 Å². The van der Waals surface area contributed by atoms with Crippen molar-refractivity contribution in [3.05, 3.63) is 46.4 Å². The van der Waals surface area contributed by atoms with E-state index in [0.717, 1.165) is 5.56 Å². The maximum atomic E-state index is 10.4. The van der Waals surface area contributed by atoms with Gasteiger partial charge < -0.3 is 5.32 Å². The lowest BCUT2D eigenvalue weighted by Crippen LogP contribution is -2.00. The van der Waals surface area contributed by atoms with E-state index in [2.05, 4.69) is 15.4 Å². The summed E-state index contributed by atoms with van der Waals surface area (Å²) in [6, 6.07) is 2.99. The first-order chi connectivity index (χ1) is 8.15. The van der Waals surface area contributed by atoms with Crippen LogP contribution in [0.5, 0.6) is 0 Å². The Hall–Kier alpha value is -2.44. The van der Waals surface area contributed by atoms with Crippen molar-refractivity contribution >= 4 is 11.5 Å². The fourth-order valence-electron chi connectivity index (χ4n) is 1.35. The number of aryl methyl sites for hydroxylation is 1. The van der Waals surface area contributed by atoms with E-state index in [4.69, 9.17) is 0 Å². The molecule has 7 nitrogen and oxygen atoms in total. The Balaban J connectivity index is 1.97. The van der Waals surface area contributed by atoms with Gasteiger partial charge in [-0.3, -0.25) is 14.8 Å². The first-order valence-corrected chi connectivity index (χ1v) is 4.97. The third kappa shape index (κ3) is 2.77. The van der Waals surface area contributed by atoms with Gasteiger partial charge in [0.15, 0.2) is 0 Å². The third-order valence-electron chi connectivity index (χ3n) is 2.19. The van der Waals surface area contributed by atoms with Gasteiger partial charge in [0.05, 0.1) is 11.1 Å². The van der Waals surface area contributed by atoms with Crippen molar-refractivity contribution in [2.45, 2.75) is 6.54 Å². The average molecular weight is 233 g/mol. The monoisotopic (exact) mass is 233 g/mol.